The van der Waals surface area contributed by atoms with Gasteiger partial charge in [0.1, 0.15) is 5.82 Å². The van der Waals surface area contributed by atoms with Crippen LogP contribution in [0.5, 0.6) is 0 Å². The molecular weight excluding hydrogens is 269 g/mol. The number of carbonyl (C=O) groups is 1. The molecule has 1 aliphatic carbocycles. The molecule has 116 valence electrons. The number of hydrogen-bond donors (Lipinski definition) is 2. The zero-order valence-corrected chi connectivity index (χ0v) is 12.7. The summed E-state index contributed by atoms with van der Waals surface area (Å²) >= 11 is 0. The van der Waals surface area contributed by atoms with Crippen molar-refractivity contribution in [2.45, 2.75) is 37.8 Å². The number of rotatable bonds is 5. The van der Waals surface area contributed by atoms with Crippen LogP contribution in [0.25, 0.3) is 0 Å². The number of nitrogens with zero attached hydrogens (tertiary/aromatic N) is 1. The van der Waals surface area contributed by atoms with Gasteiger partial charge >= 0.3 is 0 Å². The summed E-state index contributed by atoms with van der Waals surface area (Å²) in [6, 6.07) is 7.27. The zero-order chi connectivity index (χ0) is 15.2. The Morgan fingerprint density at radius 1 is 1.29 bits per heavy atom. The lowest BCUT2D eigenvalue weighted by Crippen LogP contribution is -2.42. The normalized spacial score (nSPS) is 22.3. The van der Waals surface area contributed by atoms with Gasteiger partial charge in [0.2, 0.25) is 5.91 Å². The van der Waals surface area contributed by atoms with Gasteiger partial charge in [-0.1, -0.05) is 12.1 Å². The van der Waals surface area contributed by atoms with Gasteiger partial charge in [0, 0.05) is 12.1 Å². The maximum absolute atomic E-state index is 13.5. The average Bonchev–Trinajstić information content (AvgIpc) is 2.49. The summed E-state index contributed by atoms with van der Waals surface area (Å²) in [5.41, 5.74) is 0.245. The Balaban J connectivity index is 1.81. The predicted molar refractivity (Wildman–Crippen MR) is 82.8 cm³/mol. The van der Waals surface area contributed by atoms with Gasteiger partial charge in [-0.15, -0.1) is 0 Å². The van der Waals surface area contributed by atoms with E-state index < -0.39 is 5.82 Å². The monoisotopic (exact) mass is 293 g/mol. The molecule has 0 bridgehead atoms. The number of para-hydroxylation sites is 1. The van der Waals surface area contributed by atoms with Crippen LogP contribution in [-0.2, 0) is 4.79 Å². The number of carbonyl (C=O) groups excluding carboxylic acids is 1. The zero-order valence-electron chi connectivity index (χ0n) is 12.7. The highest BCUT2D eigenvalue weighted by Crippen LogP contribution is 2.22. The second-order valence-corrected chi connectivity index (χ2v) is 5.74. The number of nitrogens with one attached hydrogen (secondary N) is 2. The Morgan fingerprint density at radius 3 is 2.57 bits per heavy atom. The standard InChI is InChI=1S/C16H24FN3O/c1-18-12-7-9-13(10-8-12)20(2)11-16(21)19-15-6-4-3-5-14(15)17/h3-6,12-13,18H,7-11H2,1-2H3,(H,19,21). The van der Waals surface area contributed by atoms with Crippen LogP contribution < -0.4 is 10.6 Å². The van der Waals surface area contributed by atoms with E-state index in [1.165, 1.54) is 6.07 Å². The summed E-state index contributed by atoms with van der Waals surface area (Å²) in [5.74, 6) is -0.568. The average molecular weight is 293 g/mol. The molecule has 1 saturated carbocycles. The number of halogens is 1. The van der Waals surface area contributed by atoms with Crippen LogP contribution in [0.4, 0.5) is 10.1 Å². The fourth-order valence-corrected chi connectivity index (χ4v) is 2.91. The van der Waals surface area contributed by atoms with Crippen molar-refractivity contribution in [3.63, 3.8) is 0 Å². The maximum atomic E-state index is 13.5. The van der Waals surface area contributed by atoms with Crippen LogP contribution >= 0.6 is 0 Å². The molecule has 1 aromatic carbocycles. The highest BCUT2D eigenvalue weighted by Gasteiger charge is 2.24. The molecule has 0 spiro atoms. The minimum atomic E-state index is -0.400. The molecule has 5 heteroatoms. The molecule has 0 aliphatic heterocycles. The lowest BCUT2D eigenvalue weighted by Gasteiger charge is -2.34. The SMILES string of the molecule is CNC1CCC(N(C)CC(=O)Nc2ccccc2F)CC1. The summed E-state index contributed by atoms with van der Waals surface area (Å²) < 4.78 is 13.5. The maximum Gasteiger partial charge on any atom is 0.238 e. The van der Waals surface area contributed by atoms with Gasteiger partial charge in [-0.2, -0.15) is 0 Å². The summed E-state index contributed by atoms with van der Waals surface area (Å²) in [6.45, 7) is 0.295. The van der Waals surface area contributed by atoms with Crippen LogP contribution in [-0.4, -0.2) is 43.5 Å². The molecule has 0 saturated heterocycles. The third-order valence-electron chi connectivity index (χ3n) is 4.27. The van der Waals surface area contributed by atoms with Gasteiger partial charge in [0.15, 0.2) is 0 Å². The van der Waals surface area contributed by atoms with E-state index in [2.05, 4.69) is 15.5 Å². The molecule has 1 amide bonds. The molecule has 4 nitrogen and oxygen atoms in total. The molecule has 0 radical (unpaired) electrons. The van der Waals surface area contributed by atoms with Crippen molar-refractivity contribution in [2.24, 2.45) is 0 Å². The summed E-state index contributed by atoms with van der Waals surface area (Å²) in [7, 11) is 3.96. The van der Waals surface area contributed by atoms with Gasteiger partial charge in [0.05, 0.1) is 12.2 Å². The van der Waals surface area contributed by atoms with Crippen molar-refractivity contribution in [3.05, 3.63) is 30.1 Å². The minimum Gasteiger partial charge on any atom is -0.322 e. The first-order valence-electron chi connectivity index (χ1n) is 7.52. The van der Waals surface area contributed by atoms with Gasteiger partial charge in [-0.25, -0.2) is 4.39 Å². The number of anilines is 1. The molecular formula is C16H24FN3O. The Bertz CT molecular complexity index is 472. The summed E-state index contributed by atoms with van der Waals surface area (Å²) in [4.78, 5) is 14.1. The molecule has 2 rings (SSSR count). The third-order valence-corrected chi connectivity index (χ3v) is 4.27. The number of hydrogen-bond acceptors (Lipinski definition) is 3. The predicted octanol–water partition coefficient (Wildman–Crippen LogP) is 2.23. The van der Waals surface area contributed by atoms with E-state index in [9.17, 15) is 9.18 Å². The van der Waals surface area contributed by atoms with Crippen LogP contribution in [0.2, 0.25) is 0 Å². The summed E-state index contributed by atoms with van der Waals surface area (Å²) in [6.07, 6.45) is 4.46. The minimum absolute atomic E-state index is 0.168. The van der Waals surface area contributed by atoms with Crippen LogP contribution in [0, 0.1) is 5.82 Å². The van der Waals surface area contributed by atoms with Crippen molar-refractivity contribution in [1.29, 1.82) is 0 Å². The van der Waals surface area contributed by atoms with E-state index >= 15 is 0 Å². The van der Waals surface area contributed by atoms with Gasteiger partial charge in [-0.3, -0.25) is 9.69 Å². The first-order chi connectivity index (χ1) is 10.1. The highest BCUT2D eigenvalue weighted by molar-refractivity contribution is 5.92. The lowest BCUT2D eigenvalue weighted by atomic mass is 9.90. The Hall–Kier alpha value is -1.46. The fraction of sp³-hybridized carbons (Fsp3) is 0.562. The molecule has 2 N–H and O–H groups in total. The molecule has 0 atom stereocenters. The Kier molecular flexibility index (Phi) is 5.70. The van der Waals surface area contributed by atoms with Crippen molar-refractivity contribution >= 4 is 11.6 Å². The van der Waals surface area contributed by atoms with E-state index in [0.29, 0.717) is 18.6 Å². The first kappa shape index (κ1) is 15.9. The number of likely N-dealkylation sites (N-methyl/N-ethyl adjacent to an activating group) is 1. The molecule has 21 heavy (non-hydrogen) atoms. The van der Waals surface area contributed by atoms with E-state index in [1.807, 2.05) is 14.1 Å². The van der Waals surface area contributed by atoms with Crippen molar-refractivity contribution in [3.8, 4) is 0 Å². The Morgan fingerprint density at radius 2 is 1.95 bits per heavy atom. The van der Waals surface area contributed by atoms with Crippen molar-refractivity contribution in [2.75, 3.05) is 26.0 Å². The number of benzene rings is 1. The van der Waals surface area contributed by atoms with E-state index in [-0.39, 0.29) is 11.6 Å². The second-order valence-electron chi connectivity index (χ2n) is 5.74. The Labute approximate surface area is 125 Å². The van der Waals surface area contributed by atoms with Crippen LogP contribution in [0.3, 0.4) is 0 Å². The van der Waals surface area contributed by atoms with Crippen LogP contribution in [0.1, 0.15) is 25.7 Å². The van der Waals surface area contributed by atoms with Crippen LogP contribution in [0.15, 0.2) is 24.3 Å². The smallest absolute Gasteiger partial charge is 0.238 e. The molecule has 1 aliphatic rings. The molecule has 0 heterocycles. The lowest BCUT2D eigenvalue weighted by molar-refractivity contribution is -0.117. The van der Waals surface area contributed by atoms with Crippen molar-refractivity contribution < 1.29 is 9.18 Å². The molecule has 1 aromatic rings. The van der Waals surface area contributed by atoms with E-state index in [0.717, 1.165) is 25.7 Å². The largest absolute Gasteiger partial charge is 0.322 e. The highest BCUT2D eigenvalue weighted by atomic mass is 19.1. The molecule has 1 fully saturated rings. The summed E-state index contributed by atoms with van der Waals surface area (Å²) in [5, 5.41) is 5.94. The first-order valence-corrected chi connectivity index (χ1v) is 7.52. The topological polar surface area (TPSA) is 44.4 Å². The second kappa shape index (κ2) is 7.52. The van der Waals surface area contributed by atoms with Gasteiger partial charge < -0.3 is 10.6 Å². The quantitative estimate of drug-likeness (QED) is 0.875. The third kappa shape index (κ3) is 4.51. The fourth-order valence-electron chi connectivity index (χ4n) is 2.91. The molecule has 0 unspecified atom stereocenters. The van der Waals surface area contributed by atoms with E-state index in [1.54, 1.807) is 18.2 Å². The number of amides is 1. The van der Waals surface area contributed by atoms with Crippen molar-refractivity contribution in [1.82, 2.24) is 10.2 Å². The van der Waals surface area contributed by atoms with Gasteiger partial charge in [-0.05, 0) is 51.9 Å². The molecule has 0 aromatic heterocycles. The van der Waals surface area contributed by atoms with E-state index in [4.69, 9.17) is 0 Å². The van der Waals surface area contributed by atoms with Gasteiger partial charge in [0.25, 0.3) is 0 Å².